The Hall–Kier alpha value is -1.17. The monoisotopic (exact) mass is 358 g/mol. The van der Waals surface area contributed by atoms with Crippen LogP contribution in [0, 0.1) is 5.92 Å². The van der Waals surface area contributed by atoms with Crippen LogP contribution < -0.4 is 14.8 Å². The van der Waals surface area contributed by atoms with Crippen molar-refractivity contribution < 1.29 is 14.3 Å². The highest BCUT2D eigenvalue weighted by molar-refractivity contribution is 6.37. The van der Waals surface area contributed by atoms with Crippen molar-refractivity contribution in [3.05, 3.63) is 21.7 Å². The predicted octanol–water partition coefficient (Wildman–Crippen LogP) is 2.83. The average Bonchev–Trinajstić information content (AvgIpc) is 2.55. The Bertz CT molecular complexity index is 588. The zero-order chi connectivity index (χ0) is 16.6. The molecule has 0 saturated carbocycles. The summed E-state index contributed by atoms with van der Waals surface area (Å²) in [6, 6.07) is 1.66. The number of carbonyl (C=O) groups is 1. The van der Waals surface area contributed by atoms with Crippen molar-refractivity contribution >= 4 is 29.1 Å². The summed E-state index contributed by atoms with van der Waals surface area (Å²) in [6.07, 6.45) is 2.24. The largest absolute Gasteiger partial charge is 0.494 e. The van der Waals surface area contributed by atoms with Gasteiger partial charge in [-0.05, 0) is 37.9 Å². The number of amides is 1. The fraction of sp³-hybridized carbons (Fsp3) is 0.562. The van der Waals surface area contributed by atoms with E-state index < -0.39 is 0 Å². The van der Waals surface area contributed by atoms with Gasteiger partial charge in [-0.2, -0.15) is 0 Å². The molecule has 1 N–H and O–H groups in total. The van der Waals surface area contributed by atoms with Crippen molar-refractivity contribution in [3.8, 4) is 11.5 Å². The van der Waals surface area contributed by atoms with Crippen molar-refractivity contribution in [2.45, 2.75) is 18.9 Å². The lowest BCUT2D eigenvalue weighted by atomic mass is 9.84. The van der Waals surface area contributed by atoms with Gasteiger partial charge in [0.1, 0.15) is 5.56 Å². The van der Waals surface area contributed by atoms with E-state index in [0.717, 1.165) is 32.5 Å². The SMILES string of the molecule is COc1c(Cl)cc(Cl)c(OC)c1C(=O)NC1CN2CCC1CC2. The van der Waals surface area contributed by atoms with E-state index in [9.17, 15) is 4.79 Å². The second kappa shape index (κ2) is 6.75. The zero-order valence-electron chi connectivity index (χ0n) is 13.2. The molecule has 0 aliphatic carbocycles. The van der Waals surface area contributed by atoms with E-state index in [-0.39, 0.29) is 39.1 Å². The van der Waals surface area contributed by atoms with E-state index in [4.69, 9.17) is 32.7 Å². The summed E-state index contributed by atoms with van der Waals surface area (Å²) >= 11 is 12.3. The molecule has 2 bridgehead atoms. The van der Waals surface area contributed by atoms with Gasteiger partial charge in [-0.15, -0.1) is 0 Å². The van der Waals surface area contributed by atoms with Crippen LogP contribution in [0.5, 0.6) is 11.5 Å². The van der Waals surface area contributed by atoms with Gasteiger partial charge in [-0.1, -0.05) is 23.2 Å². The number of nitrogens with one attached hydrogen (secondary N) is 1. The molecule has 23 heavy (non-hydrogen) atoms. The van der Waals surface area contributed by atoms with Gasteiger partial charge >= 0.3 is 0 Å². The van der Waals surface area contributed by atoms with Crippen molar-refractivity contribution in [1.82, 2.24) is 10.2 Å². The zero-order valence-corrected chi connectivity index (χ0v) is 14.7. The summed E-state index contributed by atoms with van der Waals surface area (Å²) in [4.78, 5) is 15.2. The molecule has 3 heterocycles. The number of ether oxygens (including phenoxy) is 2. The Morgan fingerprint density at radius 2 is 1.74 bits per heavy atom. The molecule has 126 valence electrons. The Morgan fingerprint density at radius 3 is 2.17 bits per heavy atom. The van der Waals surface area contributed by atoms with Crippen molar-refractivity contribution in [3.63, 3.8) is 0 Å². The summed E-state index contributed by atoms with van der Waals surface area (Å²) in [5.74, 6) is 0.829. The number of piperidine rings is 3. The Kier molecular flexibility index (Phi) is 4.90. The van der Waals surface area contributed by atoms with Crippen molar-refractivity contribution in [2.75, 3.05) is 33.9 Å². The Morgan fingerprint density at radius 1 is 1.17 bits per heavy atom. The molecule has 3 saturated heterocycles. The number of methoxy groups -OCH3 is 2. The number of rotatable bonds is 4. The molecule has 1 aromatic rings. The van der Waals surface area contributed by atoms with Gasteiger partial charge in [0, 0.05) is 12.6 Å². The minimum Gasteiger partial charge on any atom is -0.494 e. The lowest BCUT2D eigenvalue weighted by molar-refractivity contribution is 0.0617. The molecular weight excluding hydrogens is 339 g/mol. The first-order chi connectivity index (χ1) is 11.0. The van der Waals surface area contributed by atoms with Crippen LogP contribution in [0.3, 0.4) is 0 Å². The molecule has 4 rings (SSSR count). The van der Waals surface area contributed by atoms with Gasteiger partial charge in [-0.25, -0.2) is 0 Å². The minimum absolute atomic E-state index is 0.136. The summed E-state index contributed by atoms with van der Waals surface area (Å²) in [6.45, 7) is 3.12. The molecule has 3 aliphatic heterocycles. The van der Waals surface area contributed by atoms with Gasteiger partial charge < -0.3 is 19.7 Å². The number of carbonyl (C=O) groups excluding carboxylic acids is 1. The van der Waals surface area contributed by atoms with E-state index in [1.54, 1.807) is 0 Å². The summed E-state index contributed by atoms with van der Waals surface area (Å²) in [5, 5.41) is 3.69. The second-order valence-electron chi connectivity index (χ2n) is 6.00. The number of benzene rings is 1. The number of fused-ring (bicyclic) bond motifs is 3. The summed E-state index contributed by atoms with van der Waals surface area (Å²) in [5.41, 5.74) is 0.254. The van der Waals surface area contributed by atoms with E-state index in [0.29, 0.717) is 5.92 Å². The lowest BCUT2D eigenvalue weighted by Crippen LogP contribution is -2.57. The molecule has 1 amide bonds. The van der Waals surface area contributed by atoms with Crippen LogP contribution in [-0.2, 0) is 0 Å². The third-order valence-corrected chi connectivity index (χ3v) is 5.31. The molecule has 1 unspecified atom stereocenters. The van der Waals surface area contributed by atoms with Gasteiger partial charge in [0.2, 0.25) is 0 Å². The van der Waals surface area contributed by atoms with Gasteiger partial charge in [0.15, 0.2) is 11.5 Å². The number of hydrogen-bond acceptors (Lipinski definition) is 4. The highest BCUT2D eigenvalue weighted by Crippen LogP contribution is 2.41. The summed E-state index contributed by atoms with van der Waals surface area (Å²) < 4.78 is 10.6. The van der Waals surface area contributed by atoms with Crippen LogP contribution in [0.15, 0.2) is 6.07 Å². The van der Waals surface area contributed by atoms with Gasteiger partial charge in [-0.3, -0.25) is 4.79 Å². The molecule has 3 fully saturated rings. The molecule has 1 atom stereocenters. The van der Waals surface area contributed by atoms with E-state index in [1.165, 1.54) is 20.3 Å². The standard InChI is InChI=1S/C16H20Cl2N2O3/c1-22-14-10(17)7-11(18)15(23-2)13(14)16(21)19-12-8-20-5-3-9(12)4-6-20/h7,9,12H,3-6,8H2,1-2H3,(H,19,21). The number of hydrogen-bond donors (Lipinski definition) is 1. The minimum atomic E-state index is -0.262. The molecule has 0 aromatic heterocycles. The fourth-order valence-electron chi connectivity index (χ4n) is 3.56. The third kappa shape index (κ3) is 3.10. The molecule has 0 spiro atoms. The molecule has 7 heteroatoms. The molecule has 0 radical (unpaired) electrons. The second-order valence-corrected chi connectivity index (χ2v) is 6.81. The third-order valence-electron chi connectivity index (χ3n) is 4.75. The van der Waals surface area contributed by atoms with Crippen LogP contribution in [-0.4, -0.2) is 50.7 Å². The van der Waals surface area contributed by atoms with Gasteiger partial charge in [0.25, 0.3) is 5.91 Å². The Balaban J connectivity index is 1.89. The first-order valence-electron chi connectivity index (χ1n) is 7.68. The first-order valence-corrected chi connectivity index (χ1v) is 8.44. The van der Waals surface area contributed by atoms with E-state index in [1.807, 2.05) is 0 Å². The average molecular weight is 359 g/mol. The molecule has 3 aliphatic rings. The van der Waals surface area contributed by atoms with E-state index in [2.05, 4.69) is 10.2 Å². The Labute approximate surface area is 145 Å². The molecule has 5 nitrogen and oxygen atoms in total. The van der Waals surface area contributed by atoms with E-state index >= 15 is 0 Å². The number of halogens is 2. The van der Waals surface area contributed by atoms with Gasteiger partial charge in [0.05, 0.1) is 24.3 Å². The maximum Gasteiger partial charge on any atom is 0.259 e. The van der Waals surface area contributed by atoms with Crippen molar-refractivity contribution in [2.24, 2.45) is 5.92 Å². The highest BCUT2D eigenvalue weighted by atomic mass is 35.5. The molecule has 1 aromatic carbocycles. The lowest BCUT2D eigenvalue weighted by Gasteiger charge is -2.45. The normalized spacial score (nSPS) is 26.0. The van der Waals surface area contributed by atoms with Crippen LogP contribution >= 0.6 is 23.2 Å². The predicted molar refractivity (Wildman–Crippen MR) is 90.0 cm³/mol. The van der Waals surface area contributed by atoms with Crippen LogP contribution in [0.1, 0.15) is 23.2 Å². The fourth-order valence-corrected chi connectivity index (χ4v) is 4.18. The first kappa shape index (κ1) is 16.7. The van der Waals surface area contributed by atoms with Crippen LogP contribution in [0.4, 0.5) is 0 Å². The molecular formula is C16H20Cl2N2O3. The van der Waals surface area contributed by atoms with Crippen molar-refractivity contribution in [1.29, 1.82) is 0 Å². The smallest absolute Gasteiger partial charge is 0.259 e. The highest BCUT2D eigenvalue weighted by Gasteiger charge is 2.36. The van der Waals surface area contributed by atoms with Crippen LogP contribution in [0.2, 0.25) is 10.0 Å². The topological polar surface area (TPSA) is 50.8 Å². The quantitative estimate of drug-likeness (QED) is 0.898. The summed E-state index contributed by atoms with van der Waals surface area (Å²) in [7, 11) is 2.94. The maximum absolute atomic E-state index is 12.8. The number of nitrogens with zero attached hydrogens (tertiary/aromatic N) is 1. The maximum atomic E-state index is 12.8. The van der Waals surface area contributed by atoms with Crippen LogP contribution in [0.25, 0.3) is 0 Å².